The van der Waals surface area contributed by atoms with E-state index in [1.807, 2.05) is 11.9 Å². The van der Waals surface area contributed by atoms with Gasteiger partial charge in [0.15, 0.2) is 0 Å². The smallest absolute Gasteiger partial charge is 0.407 e. The number of hydrogen-bond donors (Lipinski definition) is 2. The summed E-state index contributed by atoms with van der Waals surface area (Å²) in [6.07, 6.45) is -0.604. The molecule has 0 spiro atoms. The molecule has 1 unspecified atom stereocenters. The van der Waals surface area contributed by atoms with E-state index in [4.69, 9.17) is 4.74 Å². The van der Waals surface area contributed by atoms with Gasteiger partial charge in [-0.2, -0.15) is 0 Å². The predicted octanol–water partition coefficient (Wildman–Crippen LogP) is 2.53. The normalized spacial score (nSPS) is 13.0. The van der Waals surface area contributed by atoms with E-state index in [0.717, 1.165) is 5.56 Å². The van der Waals surface area contributed by atoms with E-state index in [1.54, 1.807) is 32.9 Å². The molecule has 0 saturated heterocycles. The van der Waals surface area contributed by atoms with Crippen LogP contribution in [0.4, 0.5) is 9.18 Å². The summed E-state index contributed by atoms with van der Waals surface area (Å²) in [5, 5.41) is 12.6. The molecule has 0 fully saturated rings. The number of amides is 1. The minimum Gasteiger partial charge on any atom is -0.444 e. The number of nitrogens with zero attached hydrogens (tertiary/aromatic N) is 1. The Morgan fingerprint density at radius 3 is 2.52 bits per heavy atom. The van der Waals surface area contributed by atoms with Crippen molar-refractivity contribution in [2.75, 3.05) is 20.1 Å². The van der Waals surface area contributed by atoms with Gasteiger partial charge in [-0.3, -0.25) is 4.90 Å². The van der Waals surface area contributed by atoms with Crippen molar-refractivity contribution in [3.63, 3.8) is 0 Å². The highest BCUT2D eigenvalue weighted by Gasteiger charge is 2.16. The zero-order valence-corrected chi connectivity index (χ0v) is 14.3. The number of rotatable bonds is 7. The molecule has 0 aliphatic rings. The number of halogens is 1. The lowest BCUT2D eigenvalue weighted by atomic mass is 10.2. The Morgan fingerprint density at radius 1 is 1.35 bits per heavy atom. The van der Waals surface area contributed by atoms with Crippen LogP contribution in [0.5, 0.6) is 0 Å². The van der Waals surface area contributed by atoms with Gasteiger partial charge in [-0.25, -0.2) is 9.18 Å². The summed E-state index contributed by atoms with van der Waals surface area (Å²) in [5.74, 6) is -0.260. The summed E-state index contributed by atoms with van der Waals surface area (Å²) in [6, 6.07) is 6.29. The molecule has 0 saturated carbocycles. The number of aliphatic hydroxyl groups is 1. The number of ether oxygens (including phenoxy) is 1. The zero-order valence-electron chi connectivity index (χ0n) is 14.3. The molecule has 1 rings (SSSR count). The first-order valence-corrected chi connectivity index (χ1v) is 7.73. The molecule has 130 valence electrons. The predicted molar refractivity (Wildman–Crippen MR) is 87.6 cm³/mol. The van der Waals surface area contributed by atoms with Gasteiger partial charge in [-0.15, -0.1) is 0 Å². The van der Waals surface area contributed by atoms with Gasteiger partial charge < -0.3 is 15.2 Å². The Morgan fingerprint density at radius 2 is 1.96 bits per heavy atom. The number of carbonyl (C=O) groups is 1. The maximum atomic E-state index is 12.8. The maximum Gasteiger partial charge on any atom is 0.407 e. The topological polar surface area (TPSA) is 61.8 Å². The van der Waals surface area contributed by atoms with Crippen LogP contribution in [-0.4, -0.2) is 47.9 Å². The van der Waals surface area contributed by atoms with Gasteiger partial charge in [0.2, 0.25) is 0 Å². The molecule has 0 heterocycles. The highest BCUT2D eigenvalue weighted by Crippen LogP contribution is 2.07. The summed E-state index contributed by atoms with van der Waals surface area (Å²) in [6.45, 7) is 6.83. The third-order valence-corrected chi connectivity index (χ3v) is 3.03. The minimum absolute atomic E-state index is 0.260. The van der Waals surface area contributed by atoms with Gasteiger partial charge in [-0.1, -0.05) is 12.1 Å². The number of aliphatic hydroxyl groups excluding tert-OH is 1. The van der Waals surface area contributed by atoms with Crippen LogP contribution in [0.25, 0.3) is 0 Å². The second-order valence-corrected chi connectivity index (χ2v) is 6.69. The fraction of sp³-hybridized carbons (Fsp3) is 0.588. The Kier molecular flexibility index (Phi) is 7.45. The van der Waals surface area contributed by atoms with Crippen molar-refractivity contribution < 1.29 is 19.0 Å². The van der Waals surface area contributed by atoms with Crippen LogP contribution in [0, 0.1) is 5.82 Å². The van der Waals surface area contributed by atoms with Crippen LogP contribution in [0.2, 0.25) is 0 Å². The lowest BCUT2D eigenvalue weighted by molar-refractivity contribution is 0.0513. The average molecular weight is 326 g/mol. The first-order chi connectivity index (χ1) is 10.7. The van der Waals surface area contributed by atoms with Crippen molar-refractivity contribution in [3.8, 4) is 0 Å². The molecule has 1 amide bonds. The van der Waals surface area contributed by atoms with Crippen molar-refractivity contribution >= 4 is 6.09 Å². The molecule has 0 aliphatic heterocycles. The minimum atomic E-state index is -0.560. The third-order valence-electron chi connectivity index (χ3n) is 3.03. The van der Waals surface area contributed by atoms with Crippen molar-refractivity contribution in [1.29, 1.82) is 0 Å². The molecule has 5 nitrogen and oxygen atoms in total. The third kappa shape index (κ3) is 9.15. The fourth-order valence-corrected chi connectivity index (χ4v) is 2.07. The van der Waals surface area contributed by atoms with E-state index in [9.17, 15) is 14.3 Å². The quantitative estimate of drug-likeness (QED) is 0.808. The SMILES string of the molecule is CN(Cc1ccc(F)cc1)CC(O)CCNC(=O)OC(C)(C)C. The Balaban J connectivity index is 2.23. The molecule has 6 heteroatoms. The molecule has 1 aromatic carbocycles. The van der Waals surface area contributed by atoms with Crippen molar-refractivity contribution in [2.45, 2.75) is 45.4 Å². The number of alkyl carbamates (subject to hydrolysis) is 1. The molecular weight excluding hydrogens is 299 g/mol. The largest absolute Gasteiger partial charge is 0.444 e. The Labute approximate surface area is 137 Å². The monoisotopic (exact) mass is 326 g/mol. The Hall–Kier alpha value is -1.66. The van der Waals surface area contributed by atoms with Crippen molar-refractivity contribution in [1.82, 2.24) is 10.2 Å². The second kappa shape index (κ2) is 8.84. The van der Waals surface area contributed by atoms with Crippen LogP contribution in [0.3, 0.4) is 0 Å². The van der Waals surface area contributed by atoms with E-state index in [2.05, 4.69) is 5.32 Å². The van der Waals surface area contributed by atoms with Gasteiger partial charge in [0.25, 0.3) is 0 Å². The lowest BCUT2D eigenvalue weighted by Gasteiger charge is -2.22. The van der Waals surface area contributed by atoms with Gasteiger partial charge in [0.1, 0.15) is 11.4 Å². The Bertz CT molecular complexity index is 486. The molecule has 2 N–H and O–H groups in total. The van der Waals surface area contributed by atoms with E-state index in [-0.39, 0.29) is 5.82 Å². The second-order valence-electron chi connectivity index (χ2n) is 6.69. The van der Waals surface area contributed by atoms with Crippen molar-refractivity contribution in [3.05, 3.63) is 35.6 Å². The van der Waals surface area contributed by atoms with Gasteiger partial charge in [0.05, 0.1) is 6.10 Å². The van der Waals surface area contributed by atoms with Crippen LogP contribution < -0.4 is 5.32 Å². The summed E-state index contributed by atoms with van der Waals surface area (Å²) in [5.41, 5.74) is 0.450. The summed E-state index contributed by atoms with van der Waals surface area (Å²) in [7, 11) is 1.88. The van der Waals surface area contributed by atoms with Crippen LogP contribution >= 0.6 is 0 Å². The van der Waals surface area contributed by atoms with Gasteiger partial charge in [-0.05, 0) is 51.9 Å². The number of likely N-dealkylation sites (N-methyl/N-ethyl adjacent to an activating group) is 1. The molecule has 1 aromatic rings. The van der Waals surface area contributed by atoms with Gasteiger partial charge >= 0.3 is 6.09 Å². The molecule has 0 aromatic heterocycles. The molecule has 0 bridgehead atoms. The van der Waals surface area contributed by atoms with Gasteiger partial charge in [0, 0.05) is 19.6 Å². The van der Waals surface area contributed by atoms with Crippen LogP contribution in [-0.2, 0) is 11.3 Å². The first kappa shape index (κ1) is 19.4. The number of carbonyl (C=O) groups excluding carboxylic acids is 1. The standard InChI is InChI=1S/C17H27FN2O3/c1-17(2,3)23-16(22)19-10-9-15(21)12-20(4)11-13-5-7-14(18)8-6-13/h5-8,15,21H,9-12H2,1-4H3,(H,19,22). The summed E-state index contributed by atoms with van der Waals surface area (Å²) >= 11 is 0. The number of nitrogens with one attached hydrogen (secondary N) is 1. The molecule has 0 radical (unpaired) electrons. The van der Waals surface area contributed by atoms with E-state index in [1.165, 1.54) is 12.1 Å². The number of benzene rings is 1. The number of hydrogen-bond acceptors (Lipinski definition) is 4. The lowest BCUT2D eigenvalue weighted by Crippen LogP contribution is -2.36. The highest BCUT2D eigenvalue weighted by molar-refractivity contribution is 5.67. The molecule has 0 aliphatic carbocycles. The van der Waals surface area contributed by atoms with E-state index in [0.29, 0.717) is 26.1 Å². The zero-order chi connectivity index (χ0) is 17.5. The summed E-state index contributed by atoms with van der Waals surface area (Å²) < 4.78 is 18.0. The average Bonchev–Trinajstić information content (AvgIpc) is 2.39. The first-order valence-electron chi connectivity index (χ1n) is 7.73. The van der Waals surface area contributed by atoms with Crippen molar-refractivity contribution in [2.24, 2.45) is 0 Å². The van der Waals surface area contributed by atoms with E-state index < -0.39 is 17.8 Å². The highest BCUT2D eigenvalue weighted by atomic mass is 19.1. The van der Waals surface area contributed by atoms with E-state index >= 15 is 0 Å². The molecule has 23 heavy (non-hydrogen) atoms. The molecular formula is C17H27FN2O3. The van der Waals surface area contributed by atoms with Crippen LogP contribution in [0.15, 0.2) is 24.3 Å². The fourth-order valence-electron chi connectivity index (χ4n) is 2.07. The maximum absolute atomic E-state index is 12.8. The van der Waals surface area contributed by atoms with Crippen LogP contribution in [0.1, 0.15) is 32.8 Å². The summed E-state index contributed by atoms with van der Waals surface area (Å²) in [4.78, 5) is 13.4. The molecule has 1 atom stereocenters.